The van der Waals surface area contributed by atoms with Crippen LogP contribution in [0.15, 0.2) is 35.5 Å². The molecule has 1 amide bonds. The zero-order valence-corrected chi connectivity index (χ0v) is 12.9. The van der Waals surface area contributed by atoms with Crippen LogP contribution in [0.5, 0.6) is 0 Å². The lowest BCUT2D eigenvalue weighted by atomic mass is 10.2. The molecule has 0 unspecified atom stereocenters. The van der Waals surface area contributed by atoms with Crippen LogP contribution >= 0.6 is 11.6 Å². The first kappa shape index (κ1) is 15.3. The molecule has 0 fully saturated rings. The van der Waals surface area contributed by atoms with Crippen LogP contribution in [0.25, 0.3) is 0 Å². The summed E-state index contributed by atoms with van der Waals surface area (Å²) in [5.41, 5.74) is 0.458. The summed E-state index contributed by atoms with van der Waals surface area (Å²) in [7, 11) is -0.601. The molecule has 1 heterocycles. The van der Waals surface area contributed by atoms with E-state index in [0.717, 1.165) is 0 Å². The van der Waals surface area contributed by atoms with E-state index in [2.05, 4.69) is 14.9 Å². The van der Waals surface area contributed by atoms with Crippen LogP contribution in [-0.4, -0.2) is 43.5 Å². The maximum Gasteiger partial charge on any atom is 0.265 e. The van der Waals surface area contributed by atoms with Crippen molar-refractivity contribution in [3.63, 3.8) is 0 Å². The summed E-state index contributed by atoms with van der Waals surface area (Å²) in [5.74, 6) is -0.254. The fourth-order valence-corrected chi connectivity index (χ4v) is 2.78. The van der Waals surface area contributed by atoms with Crippen molar-refractivity contribution in [1.82, 2.24) is 15.1 Å². The highest BCUT2D eigenvalue weighted by molar-refractivity contribution is 7.92. The average Bonchev–Trinajstić information content (AvgIpc) is 2.95. The van der Waals surface area contributed by atoms with Crippen LogP contribution in [-0.2, 0) is 10.0 Å². The molecule has 0 saturated heterocycles. The second-order valence-electron chi connectivity index (χ2n) is 4.43. The van der Waals surface area contributed by atoms with Crippen LogP contribution < -0.4 is 4.72 Å². The Hall–Kier alpha value is -2.06. The summed E-state index contributed by atoms with van der Waals surface area (Å²) >= 11 is 5.97. The lowest BCUT2D eigenvalue weighted by Gasteiger charge is -2.13. The van der Waals surface area contributed by atoms with Crippen LogP contribution in [0.1, 0.15) is 10.4 Å². The van der Waals surface area contributed by atoms with Crippen molar-refractivity contribution in [2.24, 2.45) is 0 Å². The molecule has 0 spiro atoms. The van der Waals surface area contributed by atoms with E-state index < -0.39 is 10.0 Å². The monoisotopic (exact) mass is 328 g/mol. The number of anilines is 1. The first-order chi connectivity index (χ1) is 9.81. The third kappa shape index (κ3) is 3.34. The van der Waals surface area contributed by atoms with Gasteiger partial charge >= 0.3 is 0 Å². The molecule has 21 heavy (non-hydrogen) atoms. The quantitative estimate of drug-likeness (QED) is 0.890. The van der Waals surface area contributed by atoms with Crippen LogP contribution in [0, 0.1) is 0 Å². The van der Waals surface area contributed by atoms with E-state index in [4.69, 9.17) is 11.6 Å². The number of H-pyrrole nitrogens is 1. The fourth-order valence-electron chi connectivity index (χ4n) is 1.58. The number of carbonyl (C=O) groups is 1. The van der Waals surface area contributed by atoms with Gasteiger partial charge in [0.15, 0.2) is 0 Å². The van der Waals surface area contributed by atoms with Gasteiger partial charge in [0, 0.05) is 25.9 Å². The summed E-state index contributed by atoms with van der Waals surface area (Å²) in [6, 6.07) is 4.38. The fraction of sp³-hybridized carbons (Fsp3) is 0.167. The maximum atomic E-state index is 12.1. The number of nitrogens with zero attached hydrogens (tertiary/aromatic N) is 2. The minimum absolute atomic E-state index is 0.0251. The van der Waals surface area contributed by atoms with Crippen molar-refractivity contribution >= 4 is 33.2 Å². The Labute approximate surface area is 127 Å². The molecule has 0 aliphatic rings. The molecular formula is C12H13ClN4O3S. The normalized spacial score (nSPS) is 11.2. The third-order valence-electron chi connectivity index (χ3n) is 2.65. The zero-order chi connectivity index (χ0) is 15.6. The predicted octanol–water partition coefficient (Wildman–Crippen LogP) is 1.57. The van der Waals surface area contributed by atoms with Crippen LogP contribution in [0.2, 0.25) is 5.02 Å². The van der Waals surface area contributed by atoms with Crippen molar-refractivity contribution < 1.29 is 13.2 Å². The minimum Gasteiger partial charge on any atom is -0.345 e. The molecule has 2 rings (SSSR count). The summed E-state index contributed by atoms with van der Waals surface area (Å²) < 4.78 is 26.5. The number of sulfonamides is 1. The number of benzene rings is 1. The van der Waals surface area contributed by atoms with E-state index in [0.29, 0.717) is 5.56 Å². The van der Waals surface area contributed by atoms with Crippen molar-refractivity contribution in [3.8, 4) is 0 Å². The number of rotatable bonds is 4. The van der Waals surface area contributed by atoms with Crippen molar-refractivity contribution in [2.75, 3.05) is 18.8 Å². The van der Waals surface area contributed by atoms with Gasteiger partial charge in [0.25, 0.3) is 15.9 Å². The maximum absolute atomic E-state index is 12.1. The van der Waals surface area contributed by atoms with E-state index in [-0.39, 0.29) is 21.5 Å². The number of hydrogen-bond donors (Lipinski definition) is 2. The molecule has 2 N–H and O–H groups in total. The van der Waals surface area contributed by atoms with Crippen molar-refractivity contribution in [3.05, 3.63) is 41.2 Å². The number of aromatic nitrogens is 2. The van der Waals surface area contributed by atoms with E-state index in [1.54, 1.807) is 14.1 Å². The molecule has 112 valence electrons. The average molecular weight is 329 g/mol. The Balaban J connectivity index is 2.36. The highest BCUT2D eigenvalue weighted by atomic mass is 35.5. The summed E-state index contributed by atoms with van der Waals surface area (Å²) in [6.45, 7) is 0. The van der Waals surface area contributed by atoms with Gasteiger partial charge < -0.3 is 4.90 Å². The molecule has 9 heteroatoms. The molecule has 0 aliphatic carbocycles. The number of nitrogens with one attached hydrogen (secondary N) is 2. The SMILES string of the molecule is CN(C)C(=O)c1ccc(Cl)c(NS(=O)(=O)c2cn[nH]c2)c1. The minimum atomic E-state index is -3.81. The Morgan fingerprint density at radius 2 is 2.10 bits per heavy atom. The molecule has 2 aromatic rings. The highest BCUT2D eigenvalue weighted by Gasteiger charge is 2.18. The third-order valence-corrected chi connectivity index (χ3v) is 4.31. The number of carbonyl (C=O) groups excluding carboxylic acids is 1. The smallest absolute Gasteiger partial charge is 0.265 e. The highest BCUT2D eigenvalue weighted by Crippen LogP contribution is 2.26. The zero-order valence-electron chi connectivity index (χ0n) is 11.3. The molecule has 1 aromatic carbocycles. The lowest BCUT2D eigenvalue weighted by molar-refractivity contribution is 0.0827. The second-order valence-corrected chi connectivity index (χ2v) is 6.52. The molecular weight excluding hydrogens is 316 g/mol. The van der Waals surface area contributed by atoms with E-state index in [1.165, 1.54) is 35.5 Å². The molecule has 0 saturated carbocycles. The van der Waals surface area contributed by atoms with Crippen LogP contribution in [0.4, 0.5) is 5.69 Å². The molecule has 0 atom stereocenters. The molecule has 0 radical (unpaired) electrons. The van der Waals surface area contributed by atoms with Gasteiger partial charge in [-0.2, -0.15) is 5.10 Å². The topological polar surface area (TPSA) is 95.2 Å². The van der Waals surface area contributed by atoms with E-state index >= 15 is 0 Å². The summed E-state index contributed by atoms with van der Waals surface area (Å²) in [4.78, 5) is 13.3. The summed E-state index contributed by atoms with van der Waals surface area (Å²) in [6.07, 6.45) is 2.41. The van der Waals surface area contributed by atoms with E-state index in [9.17, 15) is 13.2 Å². The van der Waals surface area contributed by atoms with Crippen LogP contribution in [0.3, 0.4) is 0 Å². The number of hydrogen-bond acceptors (Lipinski definition) is 4. The van der Waals surface area contributed by atoms with Gasteiger partial charge in [-0.15, -0.1) is 0 Å². The number of amides is 1. The molecule has 0 aliphatic heterocycles. The molecule has 7 nitrogen and oxygen atoms in total. The molecule has 0 bridgehead atoms. The van der Waals surface area contributed by atoms with Gasteiger partial charge in [-0.3, -0.25) is 14.6 Å². The van der Waals surface area contributed by atoms with Gasteiger partial charge in [-0.05, 0) is 18.2 Å². The number of aromatic amines is 1. The Bertz CT molecular complexity index is 757. The van der Waals surface area contributed by atoms with Gasteiger partial charge in [-0.1, -0.05) is 11.6 Å². The lowest BCUT2D eigenvalue weighted by Crippen LogP contribution is -2.22. The van der Waals surface area contributed by atoms with Gasteiger partial charge in [-0.25, -0.2) is 8.42 Å². The second kappa shape index (κ2) is 5.74. The standard InChI is InChI=1S/C12H13ClN4O3S/c1-17(2)12(18)8-3-4-10(13)11(5-8)16-21(19,20)9-6-14-15-7-9/h3-7,16H,1-2H3,(H,14,15). The molecule has 1 aromatic heterocycles. The van der Waals surface area contributed by atoms with Gasteiger partial charge in [0.05, 0.1) is 16.9 Å². The predicted molar refractivity (Wildman–Crippen MR) is 78.9 cm³/mol. The van der Waals surface area contributed by atoms with Crippen molar-refractivity contribution in [2.45, 2.75) is 4.90 Å². The summed E-state index contributed by atoms with van der Waals surface area (Å²) in [5, 5.41) is 6.19. The first-order valence-corrected chi connectivity index (χ1v) is 7.70. The van der Waals surface area contributed by atoms with E-state index in [1.807, 2.05) is 0 Å². The largest absolute Gasteiger partial charge is 0.345 e. The Morgan fingerprint density at radius 3 is 2.67 bits per heavy atom. The number of halogens is 1. The van der Waals surface area contributed by atoms with Crippen molar-refractivity contribution in [1.29, 1.82) is 0 Å². The Kier molecular flexibility index (Phi) is 4.19. The van der Waals surface area contributed by atoms with Gasteiger partial charge in [0.2, 0.25) is 0 Å². The first-order valence-electron chi connectivity index (χ1n) is 5.84. The Morgan fingerprint density at radius 1 is 1.38 bits per heavy atom. The van der Waals surface area contributed by atoms with Gasteiger partial charge in [0.1, 0.15) is 4.90 Å².